The van der Waals surface area contributed by atoms with Gasteiger partial charge in [-0.2, -0.15) is 4.37 Å². The summed E-state index contributed by atoms with van der Waals surface area (Å²) in [5.41, 5.74) is 5.69. The van der Waals surface area contributed by atoms with Crippen LogP contribution in [0.15, 0.2) is 4.90 Å². The van der Waals surface area contributed by atoms with Crippen LogP contribution in [0.25, 0.3) is 0 Å². The maximum atomic E-state index is 12.1. The highest BCUT2D eigenvalue weighted by molar-refractivity contribution is 7.91. The van der Waals surface area contributed by atoms with Gasteiger partial charge in [-0.1, -0.05) is 20.8 Å². The molecule has 0 amide bonds. The molecule has 3 N–H and O–H groups in total. The Morgan fingerprint density at radius 3 is 2.68 bits per heavy atom. The standard InChI is InChI=1S/C12H23N3O2S2/c1-4-8-19(16,17)10-11(13)15-18-12(10)14-7-5-6-9(2)3/h9,14H,4-8H2,1-3H3,(H2,13,15). The Kier molecular flexibility index (Phi) is 6.06. The molecule has 1 aromatic rings. The summed E-state index contributed by atoms with van der Waals surface area (Å²) in [4.78, 5) is 0.184. The minimum absolute atomic E-state index is 0.107. The Labute approximate surface area is 119 Å². The van der Waals surface area contributed by atoms with E-state index in [0.717, 1.165) is 30.9 Å². The lowest BCUT2D eigenvalue weighted by atomic mass is 10.1. The number of rotatable bonds is 8. The average Bonchev–Trinajstić information content (AvgIpc) is 2.66. The summed E-state index contributed by atoms with van der Waals surface area (Å²) < 4.78 is 28.2. The molecule has 0 saturated heterocycles. The van der Waals surface area contributed by atoms with Crippen molar-refractivity contribution in [1.82, 2.24) is 4.37 Å². The second kappa shape index (κ2) is 7.09. The van der Waals surface area contributed by atoms with Gasteiger partial charge in [0, 0.05) is 6.54 Å². The fourth-order valence-electron chi connectivity index (χ4n) is 1.79. The Hall–Kier alpha value is -0.820. The third kappa shape index (κ3) is 4.65. The van der Waals surface area contributed by atoms with Gasteiger partial charge in [-0.05, 0) is 36.7 Å². The van der Waals surface area contributed by atoms with E-state index in [-0.39, 0.29) is 16.5 Å². The topological polar surface area (TPSA) is 85.1 Å². The minimum atomic E-state index is -3.32. The molecule has 0 atom stereocenters. The largest absolute Gasteiger partial charge is 0.382 e. The first-order chi connectivity index (χ1) is 8.88. The summed E-state index contributed by atoms with van der Waals surface area (Å²) in [7, 11) is -3.32. The van der Waals surface area contributed by atoms with E-state index in [4.69, 9.17) is 5.73 Å². The molecule has 0 spiro atoms. The van der Waals surface area contributed by atoms with Crippen molar-refractivity contribution >= 4 is 32.2 Å². The molecule has 0 aliphatic carbocycles. The van der Waals surface area contributed by atoms with Crippen molar-refractivity contribution in [1.29, 1.82) is 0 Å². The van der Waals surface area contributed by atoms with E-state index < -0.39 is 9.84 Å². The molecule has 1 heterocycles. The fraction of sp³-hybridized carbons (Fsp3) is 0.750. The molecule has 1 aromatic heterocycles. The first-order valence-corrected chi connectivity index (χ1v) is 9.02. The highest BCUT2D eigenvalue weighted by Crippen LogP contribution is 2.32. The lowest BCUT2D eigenvalue weighted by molar-refractivity contribution is 0.567. The van der Waals surface area contributed by atoms with Crippen LogP contribution in [0.4, 0.5) is 10.8 Å². The highest BCUT2D eigenvalue weighted by atomic mass is 32.2. The van der Waals surface area contributed by atoms with Gasteiger partial charge in [-0.15, -0.1) is 0 Å². The van der Waals surface area contributed by atoms with Gasteiger partial charge in [-0.25, -0.2) is 8.42 Å². The summed E-state index contributed by atoms with van der Waals surface area (Å²) in [6, 6.07) is 0. The first-order valence-electron chi connectivity index (χ1n) is 6.60. The van der Waals surface area contributed by atoms with Crippen LogP contribution in [-0.2, 0) is 9.84 Å². The molecule has 5 nitrogen and oxygen atoms in total. The zero-order valence-corrected chi connectivity index (χ0v) is 13.4. The number of hydrogen-bond acceptors (Lipinski definition) is 6. The molecule has 0 radical (unpaired) electrons. The van der Waals surface area contributed by atoms with Crippen molar-refractivity contribution in [3.63, 3.8) is 0 Å². The van der Waals surface area contributed by atoms with Crippen molar-refractivity contribution < 1.29 is 8.42 Å². The van der Waals surface area contributed by atoms with Crippen molar-refractivity contribution in [3.05, 3.63) is 0 Å². The smallest absolute Gasteiger partial charge is 0.185 e. The van der Waals surface area contributed by atoms with E-state index in [1.807, 2.05) is 6.92 Å². The molecular formula is C12H23N3O2S2. The zero-order valence-electron chi connectivity index (χ0n) is 11.8. The van der Waals surface area contributed by atoms with Gasteiger partial charge in [0.1, 0.15) is 9.90 Å². The number of sulfone groups is 1. The Morgan fingerprint density at radius 2 is 2.11 bits per heavy atom. The SMILES string of the molecule is CCCS(=O)(=O)c1c(N)nsc1NCCCC(C)C. The summed E-state index contributed by atoms with van der Waals surface area (Å²) in [5, 5.41) is 3.73. The fourth-order valence-corrected chi connectivity index (χ4v) is 4.44. The predicted octanol–water partition coefficient (Wildman–Crippen LogP) is 2.76. The monoisotopic (exact) mass is 305 g/mol. The van der Waals surface area contributed by atoms with Crippen LogP contribution < -0.4 is 11.1 Å². The van der Waals surface area contributed by atoms with E-state index in [0.29, 0.717) is 17.3 Å². The molecule has 0 bridgehead atoms. The number of nitrogens with zero attached hydrogens (tertiary/aromatic N) is 1. The molecular weight excluding hydrogens is 282 g/mol. The molecule has 0 aliphatic rings. The Balaban J connectivity index is 2.75. The molecule has 0 saturated carbocycles. The number of nitrogens with two attached hydrogens (primary N) is 1. The van der Waals surface area contributed by atoms with Gasteiger partial charge in [0.15, 0.2) is 15.7 Å². The number of nitrogens with one attached hydrogen (secondary N) is 1. The molecule has 19 heavy (non-hydrogen) atoms. The lowest BCUT2D eigenvalue weighted by Gasteiger charge is -2.08. The van der Waals surface area contributed by atoms with Crippen LogP contribution in [0.5, 0.6) is 0 Å². The average molecular weight is 305 g/mol. The molecule has 110 valence electrons. The third-order valence-corrected chi connectivity index (χ3v) is 5.63. The first kappa shape index (κ1) is 16.2. The molecule has 7 heteroatoms. The summed E-state index contributed by atoms with van der Waals surface area (Å²) in [6.07, 6.45) is 2.69. The number of nitrogen functional groups attached to an aromatic ring is 1. The predicted molar refractivity (Wildman–Crippen MR) is 81.4 cm³/mol. The van der Waals surface area contributed by atoms with Gasteiger partial charge < -0.3 is 11.1 Å². The van der Waals surface area contributed by atoms with Gasteiger partial charge in [-0.3, -0.25) is 0 Å². The van der Waals surface area contributed by atoms with Crippen LogP contribution in [-0.4, -0.2) is 25.1 Å². The number of anilines is 2. The van der Waals surface area contributed by atoms with Gasteiger partial charge in [0.05, 0.1) is 5.75 Å². The quantitative estimate of drug-likeness (QED) is 0.721. The second-order valence-corrected chi connectivity index (χ2v) is 7.83. The minimum Gasteiger partial charge on any atom is -0.382 e. The summed E-state index contributed by atoms with van der Waals surface area (Å²) in [6.45, 7) is 6.92. The molecule has 1 rings (SSSR count). The van der Waals surface area contributed by atoms with Gasteiger partial charge in [0.25, 0.3) is 0 Å². The third-order valence-electron chi connectivity index (χ3n) is 2.70. The van der Waals surface area contributed by atoms with Crippen molar-refractivity contribution in [2.24, 2.45) is 5.92 Å². The Bertz CT molecular complexity index is 495. The summed E-state index contributed by atoms with van der Waals surface area (Å²) in [5.74, 6) is 0.873. The van der Waals surface area contributed by atoms with Crippen LogP contribution in [0, 0.1) is 5.92 Å². The van der Waals surface area contributed by atoms with Crippen molar-refractivity contribution in [2.75, 3.05) is 23.3 Å². The van der Waals surface area contributed by atoms with Gasteiger partial charge in [0.2, 0.25) is 0 Å². The second-order valence-electron chi connectivity index (χ2n) is 5.01. The molecule has 0 unspecified atom stereocenters. The van der Waals surface area contributed by atoms with E-state index in [2.05, 4.69) is 23.5 Å². The molecule has 0 fully saturated rings. The van der Waals surface area contributed by atoms with E-state index >= 15 is 0 Å². The Morgan fingerprint density at radius 1 is 1.42 bits per heavy atom. The lowest BCUT2D eigenvalue weighted by Crippen LogP contribution is -2.11. The van der Waals surface area contributed by atoms with Crippen molar-refractivity contribution in [2.45, 2.75) is 44.9 Å². The molecule has 0 aliphatic heterocycles. The van der Waals surface area contributed by atoms with Crippen LogP contribution in [0.1, 0.15) is 40.0 Å². The van der Waals surface area contributed by atoms with E-state index in [9.17, 15) is 8.42 Å². The highest BCUT2D eigenvalue weighted by Gasteiger charge is 2.24. The number of hydrogen-bond donors (Lipinski definition) is 2. The van der Waals surface area contributed by atoms with Crippen LogP contribution in [0.3, 0.4) is 0 Å². The van der Waals surface area contributed by atoms with Crippen LogP contribution in [0.2, 0.25) is 0 Å². The maximum absolute atomic E-state index is 12.1. The van der Waals surface area contributed by atoms with E-state index in [1.54, 1.807) is 0 Å². The van der Waals surface area contributed by atoms with Crippen molar-refractivity contribution in [3.8, 4) is 0 Å². The zero-order chi connectivity index (χ0) is 14.5. The van der Waals surface area contributed by atoms with Crippen LogP contribution >= 0.6 is 11.5 Å². The molecule has 0 aromatic carbocycles. The van der Waals surface area contributed by atoms with Gasteiger partial charge >= 0.3 is 0 Å². The number of aromatic nitrogens is 1. The van der Waals surface area contributed by atoms with E-state index in [1.165, 1.54) is 0 Å². The summed E-state index contributed by atoms with van der Waals surface area (Å²) >= 11 is 1.12. The normalized spacial score (nSPS) is 12.0. The maximum Gasteiger partial charge on any atom is 0.185 e.